The minimum Gasteiger partial charge on any atom is -0.507 e. The molecule has 0 spiro atoms. The molecule has 0 saturated carbocycles. The summed E-state index contributed by atoms with van der Waals surface area (Å²) in [5.74, 6) is -1.70. The van der Waals surface area contributed by atoms with E-state index in [1.54, 1.807) is 25.1 Å². The van der Waals surface area contributed by atoms with E-state index >= 15 is 0 Å². The number of Topliss-reactive ketones (excluding diaryl/α,β-unsaturated/α-hetero) is 1. The van der Waals surface area contributed by atoms with Gasteiger partial charge in [0.25, 0.3) is 0 Å². The van der Waals surface area contributed by atoms with Crippen LogP contribution in [0.4, 0.5) is 0 Å². The van der Waals surface area contributed by atoms with Crippen LogP contribution in [0.2, 0.25) is 0 Å². The average Bonchev–Trinajstić information content (AvgIpc) is 3.78. The Kier molecular flexibility index (Phi) is 8.56. The zero-order valence-electron chi connectivity index (χ0n) is 22.8. The highest BCUT2D eigenvalue weighted by Crippen LogP contribution is 2.46. The van der Waals surface area contributed by atoms with Crippen LogP contribution in [0.25, 0.3) is 0 Å². The van der Waals surface area contributed by atoms with E-state index in [0.717, 1.165) is 13.1 Å². The normalized spacial score (nSPS) is 27.1. The summed E-state index contributed by atoms with van der Waals surface area (Å²) in [6.45, 7) is 9.38. The van der Waals surface area contributed by atoms with Crippen LogP contribution in [-0.2, 0) is 22.4 Å². The molecule has 2 aromatic carbocycles. The predicted molar refractivity (Wildman–Crippen MR) is 143 cm³/mol. The van der Waals surface area contributed by atoms with Crippen molar-refractivity contribution in [1.29, 1.82) is 0 Å². The Morgan fingerprint density at radius 2 is 1.49 bits per heavy atom. The predicted octanol–water partition coefficient (Wildman–Crippen LogP) is 2.75. The number of fused-ring (bicyclic) bond motifs is 3. The summed E-state index contributed by atoms with van der Waals surface area (Å²) < 4.78 is 5.09. The number of aliphatic hydroxyl groups is 2. The van der Waals surface area contributed by atoms with Crippen molar-refractivity contribution in [3.05, 3.63) is 57.6 Å². The average molecular weight is 540 g/mol. The first kappa shape index (κ1) is 28.9. The Bertz CT molecular complexity index is 1280. The van der Waals surface area contributed by atoms with E-state index in [1.807, 2.05) is 13.8 Å². The molecule has 4 aliphatic rings. The molecule has 2 saturated heterocycles. The molecule has 0 amide bonds. The number of nitrogens with zero attached hydrogens (tertiary/aromatic N) is 1. The minimum atomic E-state index is -0.700. The number of hydrogen-bond acceptors (Lipinski definition) is 9. The molecular formula is C30H37NO8. The number of ether oxygens (including phenoxy) is 1. The largest absolute Gasteiger partial charge is 0.507 e. The van der Waals surface area contributed by atoms with Crippen LogP contribution >= 0.6 is 0 Å². The molecule has 0 bridgehead atoms. The molecule has 0 aromatic heterocycles. The van der Waals surface area contributed by atoms with Gasteiger partial charge in [0.05, 0.1) is 23.3 Å². The standard InChI is InChI=1S/C20H16O5.C8H15NO3.C2H6/c1-9(21)10-6-7-13-14(8-10)20(25)16-15(19(13)24)17(22)11-4-2-3-5-12(11)18(16)23;1-5-8(11)6(9-2-3-9)4-7(10)12-5;1-2/h2-5,10,24-25H,6-8H2,1H3;5-8,10-11H,2-4H2,1H3;1-2H3. The summed E-state index contributed by atoms with van der Waals surface area (Å²) in [6.07, 6.45) is 0.331. The van der Waals surface area contributed by atoms with Gasteiger partial charge in [-0.15, -0.1) is 0 Å². The van der Waals surface area contributed by atoms with Gasteiger partial charge in [0.2, 0.25) is 0 Å². The lowest BCUT2D eigenvalue weighted by molar-refractivity contribution is -0.208. The summed E-state index contributed by atoms with van der Waals surface area (Å²) in [4.78, 5) is 39.5. The highest BCUT2D eigenvalue weighted by atomic mass is 16.6. The molecular weight excluding hydrogens is 502 g/mol. The number of phenolic OH excluding ortho intramolecular Hbond substituents is 2. The van der Waals surface area contributed by atoms with Crippen molar-refractivity contribution < 1.29 is 39.5 Å². The van der Waals surface area contributed by atoms with Crippen LogP contribution in [0, 0.1) is 5.92 Å². The second-order valence-electron chi connectivity index (χ2n) is 10.3. The maximum absolute atomic E-state index is 12.8. The van der Waals surface area contributed by atoms with Gasteiger partial charge in [-0.3, -0.25) is 19.3 Å². The molecule has 2 aromatic rings. The molecule has 9 nitrogen and oxygen atoms in total. The Labute approximate surface area is 228 Å². The summed E-state index contributed by atoms with van der Waals surface area (Å²) in [5, 5.41) is 40.4. The van der Waals surface area contributed by atoms with Crippen molar-refractivity contribution in [2.24, 2.45) is 5.92 Å². The van der Waals surface area contributed by atoms with Crippen LogP contribution in [0.1, 0.15) is 83.5 Å². The van der Waals surface area contributed by atoms with E-state index in [1.165, 1.54) is 13.0 Å². The van der Waals surface area contributed by atoms with Gasteiger partial charge in [-0.05, 0) is 33.1 Å². The number of rotatable bonds is 2. The van der Waals surface area contributed by atoms with E-state index < -0.39 is 24.0 Å². The first-order valence-corrected chi connectivity index (χ1v) is 13.6. The fourth-order valence-electron chi connectivity index (χ4n) is 5.72. The van der Waals surface area contributed by atoms with Crippen LogP contribution in [0.15, 0.2) is 24.3 Å². The molecule has 2 aliphatic heterocycles. The van der Waals surface area contributed by atoms with E-state index in [4.69, 9.17) is 4.74 Å². The zero-order valence-corrected chi connectivity index (χ0v) is 22.8. The number of carbonyl (C=O) groups excluding carboxylic acids is 3. The van der Waals surface area contributed by atoms with Crippen molar-refractivity contribution in [2.75, 3.05) is 13.1 Å². The third kappa shape index (κ3) is 5.36. The maximum Gasteiger partial charge on any atom is 0.198 e. The van der Waals surface area contributed by atoms with Gasteiger partial charge >= 0.3 is 0 Å². The topological polar surface area (TPSA) is 144 Å². The highest BCUT2D eigenvalue weighted by Gasteiger charge is 2.42. The third-order valence-electron chi connectivity index (χ3n) is 7.94. The first-order valence-electron chi connectivity index (χ1n) is 13.6. The third-order valence-corrected chi connectivity index (χ3v) is 7.94. The lowest BCUT2D eigenvalue weighted by Crippen LogP contribution is -2.50. The highest BCUT2D eigenvalue weighted by molar-refractivity contribution is 6.30. The zero-order chi connectivity index (χ0) is 28.6. The number of aliphatic hydroxyl groups excluding tert-OH is 2. The lowest BCUT2D eigenvalue weighted by Gasteiger charge is -2.36. The molecule has 2 fully saturated rings. The molecule has 4 N–H and O–H groups in total. The first-order chi connectivity index (χ1) is 18.6. The second kappa shape index (κ2) is 11.6. The van der Waals surface area contributed by atoms with Gasteiger partial charge in [0, 0.05) is 53.7 Å². The molecule has 6 rings (SSSR count). The Morgan fingerprint density at radius 1 is 0.949 bits per heavy atom. The number of carbonyl (C=O) groups is 3. The summed E-state index contributed by atoms with van der Waals surface area (Å²) in [6, 6.07) is 6.48. The molecule has 9 heteroatoms. The molecule has 2 aliphatic carbocycles. The van der Waals surface area contributed by atoms with E-state index in [-0.39, 0.29) is 64.0 Å². The van der Waals surface area contributed by atoms with E-state index in [0.29, 0.717) is 30.4 Å². The SMILES string of the molecule is CC.CC(=O)C1CCc2c(O)c3c(c(O)c2C1)C(=O)c1ccccc1C3=O.CC1OC(O)CC(N2CC2)C1O. The number of phenols is 2. The summed E-state index contributed by atoms with van der Waals surface area (Å²) in [7, 11) is 0. The molecule has 5 atom stereocenters. The molecule has 0 radical (unpaired) electrons. The Morgan fingerprint density at radius 3 is 2.00 bits per heavy atom. The van der Waals surface area contributed by atoms with Gasteiger partial charge in [0.15, 0.2) is 17.9 Å². The lowest BCUT2D eigenvalue weighted by atomic mass is 9.75. The van der Waals surface area contributed by atoms with Crippen molar-refractivity contribution in [2.45, 2.75) is 77.9 Å². The van der Waals surface area contributed by atoms with Crippen LogP contribution in [0.3, 0.4) is 0 Å². The minimum absolute atomic E-state index is 0.00927. The van der Waals surface area contributed by atoms with E-state index in [9.17, 15) is 34.8 Å². The quantitative estimate of drug-likeness (QED) is 0.285. The Hall–Kier alpha value is -3.11. The van der Waals surface area contributed by atoms with Gasteiger partial charge in [0.1, 0.15) is 17.3 Å². The maximum atomic E-state index is 12.8. The second-order valence-corrected chi connectivity index (χ2v) is 10.3. The van der Waals surface area contributed by atoms with Crippen LogP contribution in [-0.4, -0.2) is 80.3 Å². The number of ketones is 3. The molecule has 210 valence electrons. The van der Waals surface area contributed by atoms with Gasteiger partial charge in [-0.1, -0.05) is 38.1 Å². The number of aromatic hydroxyl groups is 2. The van der Waals surface area contributed by atoms with E-state index in [2.05, 4.69) is 4.90 Å². The van der Waals surface area contributed by atoms with Gasteiger partial charge in [-0.25, -0.2) is 0 Å². The van der Waals surface area contributed by atoms with Crippen molar-refractivity contribution in [3.63, 3.8) is 0 Å². The van der Waals surface area contributed by atoms with Crippen molar-refractivity contribution >= 4 is 17.3 Å². The fourth-order valence-corrected chi connectivity index (χ4v) is 5.72. The molecule has 5 unspecified atom stereocenters. The molecule has 2 heterocycles. The fraction of sp³-hybridized carbons (Fsp3) is 0.500. The van der Waals surface area contributed by atoms with Crippen LogP contribution < -0.4 is 0 Å². The summed E-state index contributed by atoms with van der Waals surface area (Å²) >= 11 is 0. The van der Waals surface area contributed by atoms with Gasteiger partial charge in [-0.2, -0.15) is 0 Å². The Balaban J connectivity index is 0.000000211. The van der Waals surface area contributed by atoms with Crippen molar-refractivity contribution in [3.8, 4) is 11.5 Å². The summed E-state index contributed by atoms with van der Waals surface area (Å²) in [5.41, 5.74) is 1.04. The number of hydrogen-bond donors (Lipinski definition) is 4. The smallest absolute Gasteiger partial charge is 0.198 e. The van der Waals surface area contributed by atoms with Crippen molar-refractivity contribution in [1.82, 2.24) is 4.90 Å². The molecule has 39 heavy (non-hydrogen) atoms. The monoisotopic (exact) mass is 539 g/mol. The number of benzene rings is 2. The van der Waals surface area contributed by atoms with Crippen LogP contribution in [0.5, 0.6) is 11.5 Å². The van der Waals surface area contributed by atoms with Gasteiger partial charge < -0.3 is 25.2 Å².